The van der Waals surface area contributed by atoms with Gasteiger partial charge in [-0.3, -0.25) is 0 Å². The van der Waals surface area contributed by atoms with Crippen molar-refractivity contribution in [3.05, 3.63) is 46.7 Å². The van der Waals surface area contributed by atoms with Crippen LogP contribution in [0.2, 0.25) is 5.02 Å². The number of ether oxygens (including phenoxy) is 1. The molecular formula is C16H11ClFKNO5+. The van der Waals surface area contributed by atoms with E-state index in [-0.39, 0.29) is 85.2 Å². The van der Waals surface area contributed by atoms with Crippen LogP contribution in [0.5, 0.6) is 5.75 Å². The number of aromatic nitrogens is 1. The summed E-state index contributed by atoms with van der Waals surface area (Å²) in [5.41, 5.74) is 1.49. The molecule has 9 heteroatoms. The second kappa shape index (κ2) is 7.71. The number of hydrogen-bond acceptors (Lipinski definition) is 4. The fourth-order valence-corrected chi connectivity index (χ4v) is 3.02. The Morgan fingerprint density at radius 2 is 2.08 bits per heavy atom. The molecule has 1 aromatic heterocycles. The van der Waals surface area contributed by atoms with E-state index in [0.29, 0.717) is 16.6 Å². The molecule has 0 aliphatic carbocycles. The Morgan fingerprint density at radius 3 is 2.76 bits per heavy atom. The predicted molar refractivity (Wildman–Crippen MR) is 83.8 cm³/mol. The second-order valence-electron chi connectivity index (χ2n) is 5.22. The van der Waals surface area contributed by atoms with Crippen molar-refractivity contribution in [3.8, 4) is 17.0 Å². The summed E-state index contributed by atoms with van der Waals surface area (Å²) < 4.78 is 24.6. The summed E-state index contributed by atoms with van der Waals surface area (Å²) in [6, 6.07) is 7.88. The predicted octanol–water partition coefficient (Wildman–Crippen LogP) is -0.145. The molecule has 2 heterocycles. The molecule has 1 aliphatic rings. The molecule has 0 spiro atoms. The van der Waals surface area contributed by atoms with E-state index in [1.54, 1.807) is 24.3 Å². The average molecular weight is 391 g/mol. The van der Waals surface area contributed by atoms with Crippen LogP contribution in [0.15, 0.2) is 34.9 Å². The molecule has 0 radical (unpaired) electrons. The van der Waals surface area contributed by atoms with Gasteiger partial charge in [0.1, 0.15) is 22.3 Å². The van der Waals surface area contributed by atoms with E-state index in [0.717, 1.165) is 0 Å². The van der Waals surface area contributed by atoms with E-state index < -0.39 is 17.9 Å². The Bertz CT molecular complexity index is 961. The molecule has 0 saturated carbocycles. The van der Waals surface area contributed by atoms with E-state index in [2.05, 4.69) is 5.16 Å². The molecule has 3 N–H and O–H groups in total. The molecule has 1 aliphatic heterocycles. The van der Waals surface area contributed by atoms with Crippen LogP contribution in [0, 0.1) is 5.82 Å². The molecule has 0 fully saturated rings. The van der Waals surface area contributed by atoms with E-state index in [1.807, 2.05) is 0 Å². The van der Waals surface area contributed by atoms with Gasteiger partial charge in [0.25, 0.3) is 0 Å². The van der Waals surface area contributed by atoms with Crippen molar-refractivity contribution < 1.29 is 80.4 Å². The van der Waals surface area contributed by atoms with Gasteiger partial charge in [-0.15, -0.1) is 0 Å². The molecule has 1 unspecified atom stereocenters. The van der Waals surface area contributed by atoms with Gasteiger partial charge in [-0.2, -0.15) is 0 Å². The van der Waals surface area contributed by atoms with E-state index >= 15 is 0 Å². The van der Waals surface area contributed by atoms with Gasteiger partial charge in [0.15, 0.2) is 11.7 Å². The minimum Gasteiger partial charge on any atom is -0.478 e. The van der Waals surface area contributed by atoms with Crippen LogP contribution < -0.4 is 56.1 Å². The average Bonchev–Trinajstić information content (AvgIpc) is 3.13. The van der Waals surface area contributed by atoms with Crippen LogP contribution in [-0.4, -0.2) is 27.8 Å². The Morgan fingerprint density at radius 1 is 1.36 bits per heavy atom. The largest absolute Gasteiger partial charge is 1.00 e. The van der Waals surface area contributed by atoms with Gasteiger partial charge in [0.2, 0.25) is 0 Å². The number of aliphatic carboxylic acids is 1. The number of hydrogen-bond donors (Lipinski definition) is 1. The van der Waals surface area contributed by atoms with Crippen molar-refractivity contribution in [2.24, 2.45) is 0 Å². The number of fused-ring (bicyclic) bond motifs is 2. The maximum absolute atomic E-state index is 14.0. The standard InChI is InChI=1S/C16H9ClFNO4.K.H2O/c17-12-14-7(6-11(22-14)16(20)21)5-9-13(19-23-15(9)12)8-3-1-2-4-10(8)18;;/h1-5,11H,6H2,(H,20,21);;1H2/q;+1;. The van der Waals surface area contributed by atoms with Gasteiger partial charge in [0, 0.05) is 17.5 Å². The van der Waals surface area contributed by atoms with Crippen LogP contribution in [0.4, 0.5) is 4.39 Å². The summed E-state index contributed by atoms with van der Waals surface area (Å²) in [5, 5.41) is 13.7. The minimum absolute atomic E-state index is 0. The van der Waals surface area contributed by atoms with Gasteiger partial charge in [-0.05, 0) is 18.2 Å². The molecule has 6 nitrogen and oxygen atoms in total. The SMILES string of the molecule is O.O=C(O)C1Cc2cc3c(-c4ccccc4F)noc3c(Cl)c2O1.[K+]. The summed E-state index contributed by atoms with van der Waals surface area (Å²) in [7, 11) is 0. The fraction of sp³-hybridized carbons (Fsp3) is 0.125. The van der Waals surface area contributed by atoms with Gasteiger partial charge in [0.05, 0.1) is 5.39 Å². The molecule has 0 saturated heterocycles. The van der Waals surface area contributed by atoms with E-state index in [9.17, 15) is 9.18 Å². The zero-order chi connectivity index (χ0) is 16.1. The fourth-order valence-electron chi connectivity index (χ4n) is 2.72. The Hall–Kier alpha value is -1.00. The number of benzene rings is 2. The first-order valence-corrected chi connectivity index (χ1v) is 7.19. The number of rotatable bonds is 2. The molecule has 124 valence electrons. The van der Waals surface area contributed by atoms with Crippen LogP contribution in [0.1, 0.15) is 5.56 Å². The van der Waals surface area contributed by atoms with Crippen molar-refractivity contribution in [1.82, 2.24) is 5.16 Å². The van der Waals surface area contributed by atoms with Crippen LogP contribution in [-0.2, 0) is 11.2 Å². The second-order valence-corrected chi connectivity index (χ2v) is 5.59. The molecular weight excluding hydrogens is 380 g/mol. The smallest absolute Gasteiger partial charge is 0.478 e. The molecule has 25 heavy (non-hydrogen) atoms. The number of nitrogens with zero attached hydrogens (tertiary/aromatic N) is 1. The molecule has 2 aromatic carbocycles. The Kier molecular flexibility index (Phi) is 6.26. The third kappa shape index (κ3) is 3.35. The third-order valence-corrected chi connectivity index (χ3v) is 4.15. The van der Waals surface area contributed by atoms with Gasteiger partial charge in [-0.1, -0.05) is 28.9 Å². The van der Waals surface area contributed by atoms with E-state index in [1.165, 1.54) is 6.07 Å². The summed E-state index contributed by atoms with van der Waals surface area (Å²) >= 11 is 6.25. The third-order valence-electron chi connectivity index (χ3n) is 3.81. The van der Waals surface area contributed by atoms with Crippen molar-refractivity contribution in [3.63, 3.8) is 0 Å². The zero-order valence-electron chi connectivity index (χ0n) is 13.0. The van der Waals surface area contributed by atoms with Gasteiger partial charge >= 0.3 is 57.4 Å². The van der Waals surface area contributed by atoms with E-state index in [4.69, 9.17) is 26.0 Å². The van der Waals surface area contributed by atoms with Crippen molar-refractivity contribution in [1.29, 1.82) is 0 Å². The molecule has 1 atom stereocenters. The van der Waals surface area contributed by atoms with Crippen LogP contribution in [0.25, 0.3) is 22.2 Å². The van der Waals surface area contributed by atoms with Gasteiger partial charge < -0.3 is 19.8 Å². The zero-order valence-corrected chi connectivity index (χ0v) is 16.9. The first-order chi connectivity index (χ1) is 11.1. The summed E-state index contributed by atoms with van der Waals surface area (Å²) in [6.45, 7) is 0. The quantitative estimate of drug-likeness (QED) is 0.613. The van der Waals surface area contributed by atoms with Crippen molar-refractivity contribution in [2.45, 2.75) is 12.5 Å². The van der Waals surface area contributed by atoms with Crippen molar-refractivity contribution >= 4 is 28.5 Å². The molecule has 0 bridgehead atoms. The minimum atomic E-state index is -1.07. The normalized spacial score (nSPS) is 15.0. The number of carboxylic acids is 1. The first kappa shape index (κ1) is 20.3. The monoisotopic (exact) mass is 390 g/mol. The van der Waals surface area contributed by atoms with Crippen molar-refractivity contribution in [2.75, 3.05) is 0 Å². The maximum Gasteiger partial charge on any atom is 1.00 e. The van der Waals surface area contributed by atoms with Gasteiger partial charge in [-0.25, -0.2) is 9.18 Å². The van der Waals surface area contributed by atoms with Crippen LogP contribution in [0.3, 0.4) is 0 Å². The topological polar surface area (TPSA) is 104 Å². The molecule has 3 aromatic rings. The summed E-state index contributed by atoms with van der Waals surface area (Å²) in [6.07, 6.45) is -0.804. The molecule has 4 rings (SSSR count). The number of carbonyl (C=O) groups is 1. The summed E-state index contributed by atoms with van der Waals surface area (Å²) in [4.78, 5) is 11.1. The Balaban J connectivity index is 0.00000113. The van der Waals surface area contributed by atoms with Crippen LogP contribution >= 0.6 is 11.6 Å². The number of carboxylic acid groups (broad SMARTS) is 1. The summed E-state index contributed by atoms with van der Waals surface area (Å²) in [5.74, 6) is -1.22. The maximum atomic E-state index is 14.0. The Labute approximate surface area is 188 Å². The number of halogens is 2. The first-order valence-electron chi connectivity index (χ1n) is 6.81. The molecule has 0 amide bonds.